The Kier molecular flexibility index (Phi) is 1.77. The Morgan fingerprint density at radius 1 is 1.15 bits per heavy atom. The quantitative estimate of drug-likeness (QED) is 0.639. The minimum absolute atomic E-state index is 0.565. The number of rotatable bonds is 1. The van der Waals surface area contributed by atoms with Gasteiger partial charge in [0.1, 0.15) is 0 Å². The van der Waals surface area contributed by atoms with Crippen molar-refractivity contribution in [1.82, 2.24) is 25.0 Å². The lowest BCUT2D eigenvalue weighted by atomic mass is 10.4. The molecule has 0 bridgehead atoms. The van der Waals surface area contributed by atoms with E-state index in [2.05, 4.69) is 20.3 Å². The molecule has 0 aliphatic heterocycles. The van der Waals surface area contributed by atoms with E-state index in [-0.39, 0.29) is 0 Å². The van der Waals surface area contributed by atoms with Gasteiger partial charge in [0.15, 0.2) is 0 Å². The fraction of sp³-hybridized carbons (Fsp3) is 0.250. The highest BCUT2D eigenvalue weighted by Crippen LogP contribution is 2.02. The van der Waals surface area contributed by atoms with Gasteiger partial charge in [-0.2, -0.15) is 4.68 Å². The molecule has 0 aliphatic rings. The third kappa shape index (κ3) is 1.53. The zero-order chi connectivity index (χ0) is 9.26. The summed E-state index contributed by atoms with van der Waals surface area (Å²) in [4.78, 5) is 8.45. The summed E-state index contributed by atoms with van der Waals surface area (Å²) in [7, 11) is 0. The largest absolute Gasteiger partial charge is 0.252 e. The first-order valence-corrected chi connectivity index (χ1v) is 3.95. The number of nitrogens with zero attached hydrogens (tertiary/aromatic N) is 5. The summed E-state index contributed by atoms with van der Waals surface area (Å²) in [6.45, 7) is 3.85. The maximum atomic E-state index is 4.23. The number of hydrogen-bond donors (Lipinski definition) is 0. The monoisotopic (exact) mass is 175 g/mol. The van der Waals surface area contributed by atoms with Gasteiger partial charge < -0.3 is 0 Å². The number of hydrogen-bond acceptors (Lipinski definition) is 4. The van der Waals surface area contributed by atoms with Crippen LogP contribution in [-0.2, 0) is 0 Å². The summed E-state index contributed by atoms with van der Waals surface area (Å²) in [5.74, 6) is 0.565. The fourth-order valence-electron chi connectivity index (χ4n) is 1.12. The average Bonchev–Trinajstić information content (AvgIpc) is 2.53. The highest BCUT2D eigenvalue weighted by molar-refractivity contribution is 5.16. The predicted octanol–water partition coefficient (Wildman–Crippen LogP) is 0.674. The van der Waals surface area contributed by atoms with Gasteiger partial charge in [-0.15, -0.1) is 5.10 Å². The summed E-state index contributed by atoms with van der Waals surface area (Å²) in [5.41, 5.74) is 1.86. The van der Waals surface area contributed by atoms with E-state index in [0.717, 1.165) is 11.4 Å². The van der Waals surface area contributed by atoms with Gasteiger partial charge in [0.05, 0.1) is 12.4 Å². The molecule has 66 valence electrons. The van der Waals surface area contributed by atoms with Crippen molar-refractivity contribution in [3.8, 4) is 5.95 Å². The lowest BCUT2D eigenvalue weighted by Gasteiger charge is -2.00. The Labute approximate surface area is 75.5 Å². The van der Waals surface area contributed by atoms with Crippen LogP contribution in [0.25, 0.3) is 5.95 Å². The fourth-order valence-corrected chi connectivity index (χ4v) is 1.12. The molecule has 5 heteroatoms. The van der Waals surface area contributed by atoms with Crippen LogP contribution in [0.3, 0.4) is 0 Å². The molecule has 0 fully saturated rings. The Bertz CT molecular complexity index is 386. The Hall–Kier alpha value is -1.78. The molecule has 0 atom stereocenters. The lowest BCUT2D eigenvalue weighted by Crippen LogP contribution is -2.04. The van der Waals surface area contributed by atoms with Crippen molar-refractivity contribution in [1.29, 1.82) is 0 Å². The average molecular weight is 175 g/mol. The maximum Gasteiger partial charge on any atom is 0.252 e. The van der Waals surface area contributed by atoms with Crippen molar-refractivity contribution in [3.63, 3.8) is 0 Å². The molecule has 0 amide bonds. The first-order chi connectivity index (χ1) is 6.25. The van der Waals surface area contributed by atoms with Crippen LogP contribution in [0.1, 0.15) is 11.4 Å². The second kappa shape index (κ2) is 2.93. The van der Waals surface area contributed by atoms with Gasteiger partial charge >= 0.3 is 0 Å². The molecule has 0 unspecified atom stereocenters. The highest BCUT2D eigenvalue weighted by atomic mass is 15.5. The third-order valence-corrected chi connectivity index (χ3v) is 1.60. The minimum atomic E-state index is 0.565. The first-order valence-electron chi connectivity index (χ1n) is 3.95. The van der Waals surface area contributed by atoms with E-state index in [1.54, 1.807) is 17.1 Å². The zero-order valence-electron chi connectivity index (χ0n) is 7.47. The van der Waals surface area contributed by atoms with E-state index in [0.29, 0.717) is 5.95 Å². The predicted molar refractivity (Wildman–Crippen MR) is 46.4 cm³/mol. The van der Waals surface area contributed by atoms with Crippen molar-refractivity contribution >= 4 is 0 Å². The lowest BCUT2D eigenvalue weighted by molar-refractivity contribution is 0.746. The van der Waals surface area contributed by atoms with E-state index in [1.165, 1.54) is 0 Å². The second-order valence-corrected chi connectivity index (χ2v) is 2.80. The van der Waals surface area contributed by atoms with E-state index in [1.807, 2.05) is 19.9 Å². The number of aryl methyl sites for hydroxylation is 2. The normalized spacial score (nSPS) is 10.3. The standard InChI is InChI=1S/C8H9N5/c1-6-5-7(2)11-8(10-6)13-4-3-9-12-13/h3-5H,1-2H3. The molecular formula is C8H9N5. The molecule has 0 aliphatic carbocycles. The van der Waals surface area contributed by atoms with E-state index < -0.39 is 0 Å². The summed E-state index contributed by atoms with van der Waals surface area (Å²) >= 11 is 0. The molecule has 5 nitrogen and oxygen atoms in total. The van der Waals surface area contributed by atoms with Gasteiger partial charge in [0, 0.05) is 11.4 Å². The van der Waals surface area contributed by atoms with Gasteiger partial charge in [-0.25, -0.2) is 9.97 Å². The van der Waals surface area contributed by atoms with E-state index in [9.17, 15) is 0 Å². The van der Waals surface area contributed by atoms with Crippen LogP contribution in [0.5, 0.6) is 0 Å². The molecular weight excluding hydrogens is 166 g/mol. The van der Waals surface area contributed by atoms with Gasteiger partial charge in [-0.3, -0.25) is 0 Å². The van der Waals surface area contributed by atoms with Crippen molar-refractivity contribution in [2.75, 3.05) is 0 Å². The SMILES string of the molecule is Cc1cc(C)nc(-n2ccnn2)n1. The van der Waals surface area contributed by atoms with Gasteiger partial charge in [0.2, 0.25) is 0 Å². The molecule has 0 saturated heterocycles. The summed E-state index contributed by atoms with van der Waals surface area (Å²) in [6, 6.07) is 1.92. The maximum absolute atomic E-state index is 4.23. The second-order valence-electron chi connectivity index (χ2n) is 2.80. The summed E-state index contributed by atoms with van der Waals surface area (Å²) in [6.07, 6.45) is 3.31. The van der Waals surface area contributed by atoms with Crippen molar-refractivity contribution < 1.29 is 0 Å². The van der Waals surface area contributed by atoms with Crippen LogP contribution in [0.2, 0.25) is 0 Å². The summed E-state index contributed by atoms with van der Waals surface area (Å²) < 4.78 is 1.54. The molecule has 0 spiro atoms. The van der Waals surface area contributed by atoms with Crippen LogP contribution in [0.15, 0.2) is 18.5 Å². The summed E-state index contributed by atoms with van der Waals surface area (Å²) in [5, 5.41) is 7.50. The van der Waals surface area contributed by atoms with Crippen LogP contribution >= 0.6 is 0 Å². The smallest absolute Gasteiger partial charge is 0.216 e. The molecule has 0 aromatic carbocycles. The van der Waals surface area contributed by atoms with E-state index in [4.69, 9.17) is 0 Å². The molecule has 2 heterocycles. The topological polar surface area (TPSA) is 56.5 Å². The van der Waals surface area contributed by atoms with Gasteiger partial charge in [0.25, 0.3) is 5.95 Å². The van der Waals surface area contributed by atoms with Gasteiger partial charge in [-0.05, 0) is 19.9 Å². The molecule has 0 radical (unpaired) electrons. The van der Waals surface area contributed by atoms with Crippen LogP contribution < -0.4 is 0 Å². The van der Waals surface area contributed by atoms with Crippen LogP contribution in [0.4, 0.5) is 0 Å². The highest BCUT2D eigenvalue weighted by Gasteiger charge is 2.01. The molecule has 0 saturated carbocycles. The molecule has 0 N–H and O–H groups in total. The minimum Gasteiger partial charge on any atom is -0.216 e. The first kappa shape index (κ1) is 7.85. The molecule has 2 aromatic heterocycles. The number of aromatic nitrogens is 5. The van der Waals surface area contributed by atoms with E-state index >= 15 is 0 Å². The molecule has 13 heavy (non-hydrogen) atoms. The Morgan fingerprint density at radius 3 is 2.38 bits per heavy atom. The van der Waals surface area contributed by atoms with Gasteiger partial charge in [-0.1, -0.05) is 5.21 Å². The van der Waals surface area contributed by atoms with Crippen LogP contribution in [-0.4, -0.2) is 25.0 Å². The third-order valence-electron chi connectivity index (χ3n) is 1.60. The Balaban J connectivity index is 2.53. The van der Waals surface area contributed by atoms with Crippen molar-refractivity contribution in [3.05, 3.63) is 29.8 Å². The molecule has 2 rings (SSSR count). The van der Waals surface area contributed by atoms with Crippen molar-refractivity contribution in [2.45, 2.75) is 13.8 Å². The van der Waals surface area contributed by atoms with Crippen LogP contribution in [0, 0.1) is 13.8 Å². The molecule has 2 aromatic rings. The zero-order valence-corrected chi connectivity index (χ0v) is 7.47. The Morgan fingerprint density at radius 2 is 1.85 bits per heavy atom. The van der Waals surface area contributed by atoms with Crippen molar-refractivity contribution in [2.24, 2.45) is 0 Å².